The summed E-state index contributed by atoms with van der Waals surface area (Å²) in [6.07, 6.45) is 2.48. The molecule has 0 spiro atoms. The molecule has 1 aliphatic heterocycles. The molecule has 88 valence electrons. The Balaban J connectivity index is 2.12. The van der Waals surface area contributed by atoms with E-state index in [1.54, 1.807) is 7.11 Å². The predicted molar refractivity (Wildman–Crippen MR) is 68.2 cm³/mol. The van der Waals surface area contributed by atoms with Gasteiger partial charge in [-0.1, -0.05) is 18.2 Å². The minimum Gasteiger partial charge on any atom is -0.496 e. The highest BCUT2D eigenvalue weighted by Gasteiger charge is 2.30. The van der Waals surface area contributed by atoms with Crippen LogP contribution >= 0.6 is 11.8 Å². The van der Waals surface area contributed by atoms with Gasteiger partial charge in [0.15, 0.2) is 0 Å². The summed E-state index contributed by atoms with van der Waals surface area (Å²) in [5.74, 6) is 3.01. The van der Waals surface area contributed by atoms with E-state index in [4.69, 9.17) is 4.74 Å². The smallest absolute Gasteiger partial charge is 0.122 e. The molecule has 1 heterocycles. The first-order valence-corrected chi connectivity index (χ1v) is 6.81. The maximum absolute atomic E-state index is 10.5. The first-order chi connectivity index (χ1) is 7.73. The Morgan fingerprint density at radius 2 is 2.00 bits per heavy atom. The maximum atomic E-state index is 10.5. The molecule has 0 saturated carbocycles. The SMILES string of the molecule is COc1ccccc1CC1(O)CCSCC1. The van der Waals surface area contributed by atoms with E-state index in [0.717, 1.165) is 35.7 Å². The van der Waals surface area contributed by atoms with Crippen LogP contribution in [-0.4, -0.2) is 29.3 Å². The normalized spacial score (nSPS) is 19.4. The molecule has 0 aromatic heterocycles. The molecule has 16 heavy (non-hydrogen) atoms. The first kappa shape index (κ1) is 11.8. The average molecular weight is 238 g/mol. The quantitative estimate of drug-likeness (QED) is 0.877. The van der Waals surface area contributed by atoms with Crippen LogP contribution in [0.15, 0.2) is 24.3 Å². The molecule has 0 unspecified atom stereocenters. The van der Waals surface area contributed by atoms with Crippen LogP contribution in [0.25, 0.3) is 0 Å². The molecule has 0 atom stereocenters. The number of ether oxygens (including phenoxy) is 1. The van der Waals surface area contributed by atoms with Gasteiger partial charge >= 0.3 is 0 Å². The monoisotopic (exact) mass is 238 g/mol. The number of hydrogen-bond donors (Lipinski definition) is 1. The van der Waals surface area contributed by atoms with E-state index < -0.39 is 5.60 Å². The lowest BCUT2D eigenvalue weighted by atomic mass is 9.89. The molecule has 3 heteroatoms. The highest BCUT2D eigenvalue weighted by atomic mass is 32.2. The predicted octanol–water partition coefficient (Wildman–Crippen LogP) is 2.50. The number of benzene rings is 1. The molecule has 1 aromatic rings. The summed E-state index contributed by atoms with van der Waals surface area (Å²) >= 11 is 1.93. The third-order valence-corrected chi connectivity index (χ3v) is 4.12. The summed E-state index contributed by atoms with van der Waals surface area (Å²) < 4.78 is 5.32. The Labute approximate surface area is 101 Å². The van der Waals surface area contributed by atoms with Crippen LogP contribution in [0.5, 0.6) is 5.75 Å². The Hall–Kier alpha value is -0.670. The van der Waals surface area contributed by atoms with Gasteiger partial charge < -0.3 is 9.84 Å². The number of para-hydroxylation sites is 1. The second-order valence-electron chi connectivity index (χ2n) is 4.33. The van der Waals surface area contributed by atoms with E-state index in [2.05, 4.69) is 0 Å². The molecule has 0 bridgehead atoms. The van der Waals surface area contributed by atoms with Crippen LogP contribution in [0.1, 0.15) is 18.4 Å². The van der Waals surface area contributed by atoms with Crippen LogP contribution in [0.2, 0.25) is 0 Å². The van der Waals surface area contributed by atoms with Crippen LogP contribution in [0, 0.1) is 0 Å². The fourth-order valence-electron chi connectivity index (χ4n) is 2.13. The van der Waals surface area contributed by atoms with E-state index in [0.29, 0.717) is 6.42 Å². The fraction of sp³-hybridized carbons (Fsp3) is 0.538. The number of rotatable bonds is 3. The fourth-order valence-corrected chi connectivity index (χ4v) is 3.38. The molecule has 1 aliphatic rings. The highest BCUT2D eigenvalue weighted by Crippen LogP contribution is 2.32. The standard InChI is InChI=1S/C13H18O2S/c1-15-12-5-3-2-4-11(12)10-13(14)6-8-16-9-7-13/h2-5,14H,6-10H2,1H3. The van der Waals surface area contributed by atoms with Crippen LogP contribution in [0.3, 0.4) is 0 Å². The molecule has 2 rings (SSSR count). The van der Waals surface area contributed by atoms with Gasteiger partial charge in [0, 0.05) is 6.42 Å². The molecule has 1 N–H and O–H groups in total. The van der Waals surface area contributed by atoms with Crippen molar-refractivity contribution in [2.75, 3.05) is 18.6 Å². The van der Waals surface area contributed by atoms with Gasteiger partial charge in [-0.2, -0.15) is 11.8 Å². The van der Waals surface area contributed by atoms with Gasteiger partial charge in [0.25, 0.3) is 0 Å². The van der Waals surface area contributed by atoms with Gasteiger partial charge in [-0.05, 0) is 36.0 Å². The van der Waals surface area contributed by atoms with E-state index >= 15 is 0 Å². The minimum absolute atomic E-state index is 0.528. The van der Waals surface area contributed by atoms with E-state index in [1.807, 2.05) is 36.0 Å². The lowest BCUT2D eigenvalue weighted by Crippen LogP contribution is -2.35. The first-order valence-electron chi connectivity index (χ1n) is 5.65. The van der Waals surface area contributed by atoms with Crippen molar-refractivity contribution in [3.8, 4) is 5.75 Å². The maximum Gasteiger partial charge on any atom is 0.122 e. The Bertz CT molecular complexity index is 346. The highest BCUT2D eigenvalue weighted by molar-refractivity contribution is 7.99. The molecule has 1 aromatic carbocycles. The zero-order valence-corrected chi connectivity index (χ0v) is 10.4. The van der Waals surface area contributed by atoms with Gasteiger partial charge in [-0.25, -0.2) is 0 Å². The van der Waals surface area contributed by atoms with Gasteiger partial charge in [-0.15, -0.1) is 0 Å². The molecule has 0 aliphatic carbocycles. The van der Waals surface area contributed by atoms with Crippen molar-refractivity contribution in [2.45, 2.75) is 24.9 Å². The molecule has 1 saturated heterocycles. The summed E-state index contributed by atoms with van der Waals surface area (Å²) in [6, 6.07) is 7.96. The third kappa shape index (κ3) is 2.71. The lowest BCUT2D eigenvalue weighted by Gasteiger charge is -2.32. The van der Waals surface area contributed by atoms with Crippen LogP contribution in [0.4, 0.5) is 0 Å². The van der Waals surface area contributed by atoms with Gasteiger partial charge in [0.2, 0.25) is 0 Å². The van der Waals surface area contributed by atoms with Crippen LogP contribution < -0.4 is 4.74 Å². The minimum atomic E-state index is -0.528. The van der Waals surface area contributed by atoms with Crippen molar-refractivity contribution in [3.05, 3.63) is 29.8 Å². The Kier molecular flexibility index (Phi) is 3.77. The summed E-state index contributed by atoms with van der Waals surface area (Å²) in [6.45, 7) is 0. The average Bonchev–Trinajstić information content (AvgIpc) is 2.30. The van der Waals surface area contributed by atoms with Crippen molar-refractivity contribution >= 4 is 11.8 Å². The topological polar surface area (TPSA) is 29.5 Å². The second kappa shape index (κ2) is 5.11. The van der Waals surface area contributed by atoms with E-state index in [-0.39, 0.29) is 0 Å². The Morgan fingerprint density at radius 3 is 2.69 bits per heavy atom. The summed E-state index contributed by atoms with van der Waals surface area (Å²) in [5.41, 5.74) is 0.583. The third-order valence-electron chi connectivity index (χ3n) is 3.14. The van der Waals surface area contributed by atoms with Crippen molar-refractivity contribution in [1.82, 2.24) is 0 Å². The number of methoxy groups -OCH3 is 1. The van der Waals surface area contributed by atoms with Crippen LogP contribution in [-0.2, 0) is 6.42 Å². The van der Waals surface area contributed by atoms with Gasteiger partial charge in [0.1, 0.15) is 5.75 Å². The number of hydrogen-bond acceptors (Lipinski definition) is 3. The van der Waals surface area contributed by atoms with Gasteiger partial charge in [-0.3, -0.25) is 0 Å². The van der Waals surface area contributed by atoms with E-state index in [1.165, 1.54) is 0 Å². The van der Waals surface area contributed by atoms with Crippen molar-refractivity contribution in [1.29, 1.82) is 0 Å². The van der Waals surface area contributed by atoms with Crippen molar-refractivity contribution in [2.24, 2.45) is 0 Å². The summed E-state index contributed by atoms with van der Waals surface area (Å²) in [5, 5.41) is 10.5. The number of aliphatic hydroxyl groups is 1. The zero-order chi connectivity index (χ0) is 11.4. The zero-order valence-electron chi connectivity index (χ0n) is 9.61. The number of thioether (sulfide) groups is 1. The van der Waals surface area contributed by atoms with Gasteiger partial charge in [0.05, 0.1) is 12.7 Å². The molecule has 0 amide bonds. The van der Waals surface area contributed by atoms with Crippen molar-refractivity contribution in [3.63, 3.8) is 0 Å². The second-order valence-corrected chi connectivity index (χ2v) is 5.55. The summed E-state index contributed by atoms with van der Waals surface area (Å²) in [7, 11) is 1.68. The molecular weight excluding hydrogens is 220 g/mol. The largest absolute Gasteiger partial charge is 0.496 e. The molecular formula is C13H18O2S. The van der Waals surface area contributed by atoms with E-state index in [9.17, 15) is 5.11 Å². The Morgan fingerprint density at radius 1 is 1.31 bits per heavy atom. The summed E-state index contributed by atoms with van der Waals surface area (Å²) in [4.78, 5) is 0. The van der Waals surface area contributed by atoms with Crippen molar-refractivity contribution < 1.29 is 9.84 Å². The molecule has 1 fully saturated rings. The molecule has 2 nitrogen and oxygen atoms in total. The molecule has 0 radical (unpaired) electrons. The lowest BCUT2D eigenvalue weighted by molar-refractivity contribution is 0.0318.